The Labute approximate surface area is 103 Å². The molecule has 0 N–H and O–H groups in total. The number of hydrogen-bond donors (Lipinski definition) is 0. The average molecular weight is 258 g/mol. The summed E-state index contributed by atoms with van der Waals surface area (Å²) in [4.78, 5) is 11.3. The molecule has 0 radical (unpaired) electrons. The van der Waals surface area contributed by atoms with E-state index in [9.17, 15) is 9.36 Å². The van der Waals surface area contributed by atoms with E-state index < -0.39 is 13.3 Å². The van der Waals surface area contributed by atoms with Crippen molar-refractivity contribution in [2.45, 2.75) is 38.2 Å². The van der Waals surface area contributed by atoms with Gasteiger partial charge in [-0.1, -0.05) is 25.2 Å². The van der Waals surface area contributed by atoms with Crippen molar-refractivity contribution in [2.24, 2.45) is 0 Å². The summed E-state index contributed by atoms with van der Waals surface area (Å²) >= 11 is 0. The van der Waals surface area contributed by atoms with Crippen molar-refractivity contribution in [1.29, 1.82) is 0 Å². The highest BCUT2D eigenvalue weighted by atomic mass is 31.2. The Kier molecular flexibility index (Phi) is 5.74. The lowest BCUT2D eigenvalue weighted by Crippen LogP contribution is -2.18. The van der Waals surface area contributed by atoms with E-state index in [1.807, 2.05) is 0 Å². The fourth-order valence-corrected chi connectivity index (χ4v) is 3.40. The molecule has 0 aromatic heterocycles. The molecule has 5 heteroatoms. The first-order valence-electron chi connectivity index (χ1n) is 5.87. The molecule has 17 heavy (non-hydrogen) atoms. The van der Waals surface area contributed by atoms with Gasteiger partial charge >= 0.3 is 5.97 Å². The number of rotatable bonds is 5. The van der Waals surface area contributed by atoms with Crippen LogP contribution in [0.5, 0.6) is 0 Å². The zero-order valence-corrected chi connectivity index (χ0v) is 11.1. The van der Waals surface area contributed by atoms with E-state index >= 15 is 0 Å². The van der Waals surface area contributed by atoms with Gasteiger partial charge in [-0.2, -0.15) is 0 Å². The van der Waals surface area contributed by atoms with Crippen molar-refractivity contribution in [3.8, 4) is 12.3 Å². The van der Waals surface area contributed by atoms with Gasteiger partial charge < -0.3 is 9.26 Å². The van der Waals surface area contributed by atoms with Gasteiger partial charge in [-0.05, 0) is 12.8 Å². The fraction of sp³-hybridized carbons (Fsp3) is 0.750. The van der Waals surface area contributed by atoms with Crippen LogP contribution < -0.4 is 0 Å². The van der Waals surface area contributed by atoms with Gasteiger partial charge in [0.2, 0.25) is 7.37 Å². The molecule has 0 aliphatic heterocycles. The summed E-state index contributed by atoms with van der Waals surface area (Å²) in [5, 5.41) is 0. The summed E-state index contributed by atoms with van der Waals surface area (Å²) in [5.41, 5.74) is 0. The van der Waals surface area contributed by atoms with Crippen LogP contribution in [0.4, 0.5) is 0 Å². The van der Waals surface area contributed by atoms with Crippen LogP contribution in [-0.4, -0.2) is 31.5 Å². The summed E-state index contributed by atoms with van der Waals surface area (Å²) in [7, 11) is -2.90. The minimum absolute atomic E-state index is 0.0278. The summed E-state index contributed by atoms with van der Waals surface area (Å²) in [5.74, 6) is 1.64. The summed E-state index contributed by atoms with van der Waals surface area (Å²) in [6.45, 7) is 1.40. The lowest BCUT2D eigenvalue weighted by molar-refractivity contribution is -0.139. The number of esters is 1. The van der Waals surface area contributed by atoms with Crippen molar-refractivity contribution < 1.29 is 18.6 Å². The molecule has 0 bridgehead atoms. The number of hydrogen-bond acceptors (Lipinski definition) is 4. The molecule has 0 aromatic rings. The molecule has 4 nitrogen and oxygen atoms in total. The quantitative estimate of drug-likeness (QED) is 0.431. The molecule has 1 aliphatic carbocycles. The Morgan fingerprint density at radius 2 is 2.06 bits per heavy atom. The molecule has 0 amide bonds. The van der Waals surface area contributed by atoms with Gasteiger partial charge in [-0.25, -0.2) is 0 Å². The Morgan fingerprint density at radius 3 is 2.65 bits per heavy atom. The van der Waals surface area contributed by atoms with Gasteiger partial charge in [0.1, 0.15) is 6.16 Å². The first-order chi connectivity index (χ1) is 8.03. The maximum atomic E-state index is 12.1. The number of carbonyl (C=O) groups excluding carboxylic acids is 1. The third-order valence-corrected chi connectivity index (χ3v) is 4.23. The molecular formula is C12H19O4P. The normalized spacial score (nSPS) is 20.2. The highest BCUT2D eigenvalue weighted by Gasteiger charge is 2.27. The van der Waals surface area contributed by atoms with Gasteiger partial charge in [0, 0.05) is 6.66 Å². The Balaban J connectivity index is 2.36. The smallest absolute Gasteiger partial charge is 0.316 e. The third-order valence-electron chi connectivity index (χ3n) is 2.66. The molecule has 96 valence electrons. The van der Waals surface area contributed by atoms with Crippen LogP contribution in [0, 0.1) is 12.3 Å². The van der Waals surface area contributed by atoms with Crippen molar-refractivity contribution in [1.82, 2.24) is 0 Å². The zero-order chi connectivity index (χ0) is 12.7. The summed E-state index contributed by atoms with van der Waals surface area (Å²) < 4.78 is 22.3. The molecule has 1 aliphatic rings. The topological polar surface area (TPSA) is 52.6 Å². The molecule has 1 unspecified atom stereocenters. The minimum Gasteiger partial charge on any atom is -0.452 e. The Morgan fingerprint density at radius 1 is 1.41 bits per heavy atom. The second-order valence-corrected chi connectivity index (χ2v) is 6.96. The molecule has 1 rings (SSSR count). The first kappa shape index (κ1) is 14.3. The number of ether oxygens (including phenoxy) is 1. The Bertz CT molecular complexity index is 339. The van der Waals surface area contributed by atoms with Crippen LogP contribution in [0.3, 0.4) is 0 Å². The summed E-state index contributed by atoms with van der Waals surface area (Å²) in [6, 6.07) is 0. The van der Waals surface area contributed by atoms with Crippen LogP contribution in [0.1, 0.15) is 32.1 Å². The molecule has 0 aromatic carbocycles. The first-order valence-corrected chi connectivity index (χ1v) is 8.13. The Hall–Kier alpha value is -0.780. The van der Waals surface area contributed by atoms with E-state index in [2.05, 4.69) is 10.7 Å². The van der Waals surface area contributed by atoms with Gasteiger partial charge in [0.25, 0.3) is 0 Å². The van der Waals surface area contributed by atoms with Crippen LogP contribution in [0.2, 0.25) is 0 Å². The van der Waals surface area contributed by atoms with E-state index in [4.69, 9.17) is 10.9 Å². The largest absolute Gasteiger partial charge is 0.452 e. The highest BCUT2D eigenvalue weighted by Crippen LogP contribution is 2.45. The molecule has 1 atom stereocenters. The lowest BCUT2D eigenvalue weighted by Gasteiger charge is -2.25. The van der Waals surface area contributed by atoms with E-state index in [1.165, 1.54) is 13.1 Å². The molecule has 1 fully saturated rings. The second kappa shape index (κ2) is 6.83. The molecular weight excluding hydrogens is 239 g/mol. The van der Waals surface area contributed by atoms with Crippen LogP contribution in [0.15, 0.2) is 0 Å². The zero-order valence-electron chi connectivity index (χ0n) is 10.2. The predicted octanol–water partition coefficient (Wildman–Crippen LogP) is 2.42. The van der Waals surface area contributed by atoms with Crippen LogP contribution >= 0.6 is 7.37 Å². The lowest BCUT2D eigenvalue weighted by atomic mass is 9.98. The predicted molar refractivity (Wildman–Crippen MR) is 66.1 cm³/mol. The molecule has 1 saturated carbocycles. The highest BCUT2D eigenvalue weighted by molar-refractivity contribution is 7.59. The fourth-order valence-electron chi connectivity index (χ4n) is 1.93. The van der Waals surface area contributed by atoms with E-state index in [0.29, 0.717) is 0 Å². The van der Waals surface area contributed by atoms with Gasteiger partial charge in [0.15, 0.2) is 6.61 Å². The second-order valence-electron chi connectivity index (χ2n) is 4.40. The monoisotopic (exact) mass is 258 g/mol. The standard InChI is InChI=1S/C12H19O4P/c1-3-9-15-12(13)10-17(2,14)16-11-7-5-4-6-8-11/h1,11H,4-10H2,2H3. The SMILES string of the molecule is C#CCOC(=O)CP(C)(=O)OC1CCCCC1. The molecule has 0 spiro atoms. The van der Waals surface area contributed by atoms with Gasteiger partial charge in [-0.3, -0.25) is 9.36 Å². The maximum absolute atomic E-state index is 12.1. The maximum Gasteiger partial charge on any atom is 0.316 e. The van der Waals surface area contributed by atoms with Gasteiger partial charge in [0.05, 0.1) is 6.10 Å². The van der Waals surface area contributed by atoms with Crippen molar-refractivity contribution >= 4 is 13.3 Å². The van der Waals surface area contributed by atoms with Crippen molar-refractivity contribution in [3.63, 3.8) is 0 Å². The number of terminal acetylenes is 1. The minimum atomic E-state index is -2.90. The summed E-state index contributed by atoms with van der Waals surface area (Å²) in [6.07, 6.45) is 10.1. The molecule has 0 heterocycles. The number of carbonyl (C=O) groups is 1. The van der Waals surface area contributed by atoms with Crippen molar-refractivity contribution in [2.75, 3.05) is 19.4 Å². The van der Waals surface area contributed by atoms with E-state index in [0.717, 1.165) is 25.7 Å². The van der Waals surface area contributed by atoms with Crippen LogP contribution in [-0.2, 0) is 18.6 Å². The molecule has 0 saturated heterocycles. The van der Waals surface area contributed by atoms with Crippen molar-refractivity contribution in [3.05, 3.63) is 0 Å². The van der Waals surface area contributed by atoms with E-state index in [1.54, 1.807) is 0 Å². The van der Waals surface area contributed by atoms with E-state index in [-0.39, 0.29) is 18.9 Å². The average Bonchev–Trinajstić information content (AvgIpc) is 2.26. The van der Waals surface area contributed by atoms with Crippen LogP contribution in [0.25, 0.3) is 0 Å². The third kappa shape index (κ3) is 5.91. The van der Waals surface area contributed by atoms with Gasteiger partial charge in [-0.15, -0.1) is 6.42 Å².